The predicted molar refractivity (Wildman–Crippen MR) is 147 cm³/mol. The number of benzene rings is 1. The standard InChI is InChI=1S/C29H31N7O/c1-21-26-9-10-33-28(26)8-7-27(21)35-29-22(18-32-19-23(29)17-30)5-6-24-3-2-4-25(34-24)20-31-11-12-36-13-15-37-16-14-36/h2-10,18-19,31,33H,11-16,20H2,1H3,(H,32,35)/b6-5+. The lowest BCUT2D eigenvalue weighted by Gasteiger charge is -2.26. The molecule has 0 atom stereocenters. The largest absolute Gasteiger partial charge is 0.379 e. The molecular weight excluding hydrogens is 462 g/mol. The van der Waals surface area contributed by atoms with Gasteiger partial charge in [-0.05, 0) is 55.0 Å². The molecule has 4 aromatic rings. The van der Waals surface area contributed by atoms with Crippen LogP contribution in [-0.4, -0.2) is 59.2 Å². The van der Waals surface area contributed by atoms with Gasteiger partial charge in [-0.2, -0.15) is 5.26 Å². The molecule has 3 aromatic heterocycles. The molecule has 0 radical (unpaired) electrons. The van der Waals surface area contributed by atoms with Crippen LogP contribution in [0.15, 0.2) is 55.0 Å². The van der Waals surface area contributed by atoms with E-state index in [0.717, 1.165) is 84.2 Å². The summed E-state index contributed by atoms with van der Waals surface area (Å²) in [6, 6.07) is 14.4. The van der Waals surface area contributed by atoms with Crippen molar-refractivity contribution in [3.8, 4) is 6.07 Å². The molecule has 0 amide bonds. The molecule has 1 saturated heterocycles. The predicted octanol–water partition coefficient (Wildman–Crippen LogP) is 4.47. The Labute approximate surface area is 217 Å². The van der Waals surface area contributed by atoms with Crippen molar-refractivity contribution < 1.29 is 4.74 Å². The molecule has 8 heteroatoms. The molecule has 0 bridgehead atoms. The van der Waals surface area contributed by atoms with E-state index in [1.54, 1.807) is 12.4 Å². The Kier molecular flexibility index (Phi) is 7.87. The first-order valence-corrected chi connectivity index (χ1v) is 12.6. The molecular formula is C29H31N7O. The molecule has 0 saturated carbocycles. The number of morpholine rings is 1. The summed E-state index contributed by atoms with van der Waals surface area (Å²) in [5, 5.41) is 17.9. The minimum Gasteiger partial charge on any atom is -0.379 e. The zero-order valence-corrected chi connectivity index (χ0v) is 21.0. The highest BCUT2D eigenvalue weighted by Gasteiger charge is 2.12. The molecule has 4 heterocycles. The van der Waals surface area contributed by atoms with Crippen LogP contribution >= 0.6 is 0 Å². The van der Waals surface area contributed by atoms with Crippen molar-refractivity contribution in [2.24, 2.45) is 0 Å². The Balaban J connectivity index is 1.28. The average molecular weight is 494 g/mol. The fourth-order valence-electron chi connectivity index (χ4n) is 4.52. The van der Waals surface area contributed by atoms with E-state index in [1.807, 2.05) is 48.7 Å². The molecule has 5 rings (SSSR count). The Morgan fingerprint density at radius 3 is 2.89 bits per heavy atom. The second-order valence-electron chi connectivity index (χ2n) is 9.08. The van der Waals surface area contributed by atoms with Gasteiger partial charge in [0.25, 0.3) is 0 Å². The molecule has 3 N–H and O–H groups in total. The van der Waals surface area contributed by atoms with E-state index < -0.39 is 0 Å². The van der Waals surface area contributed by atoms with Gasteiger partial charge in [0.2, 0.25) is 0 Å². The van der Waals surface area contributed by atoms with E-state index in [9.17, 15) is 5.26 Å². The van der Waals surface area contributed by atoms with E-state index in [4.69, 9.17) is 9.72 Å². The summed E-state index contributed by atoms with van der Waals surface area (Å²) in [6.45, 7) is 8.35. The molecule has 1 aliphatic heterocycles. The fraction of sp³-hybridized carbons (Fsp3) is 0.276. The zero-order valence-electron chi connectivity index (χ0n) is 21.0. The van der Waals surface area contributed by atoms with Crippen molar-refractivity contribution in [1.82, 2.24) is 25.2 Å². The zero-order chi connectivity index (χ0) is 25.5. The molecule has 188 valence electrons. The number of pyridine rings is 2. The second-order valence-corrected chi connectivity index (χ2v) is 9.08. The average Bonchev–Trinajstić information content (AvgIpc) is 3.43. The van der Waals surface area contributed by atoms with Gasteiger partial charge in [0, 0.05) is 73.5 Å². The molecule has 1 aromatic carbocycles. The first kappa shape index (κ1) is 24.7. The van der Waals surface area contributed by atoms with Crippen LogP contribution < -0.4 is 10.6 Å². The van der Waals surface area contributed by atoms with Crippen LogP contribution in [0, 0.1) is 18.3 Å². The number of nitrogens with zero attached hydrogens (tertiary/aromatic N) is 4. The van der Waals surface area contributed by atoms with Gasteiger partial charge in [-0.25, -0.2) is 0 Å². The maximum absolute atomic E-state index is 9.75. The minimum atomic E-state index is 0.488. The molecule has 1 fully saturated rings. The number of fused-ring (bicyclic) bond motifs is 1. The molecule has 37 heavy (non-hydrogen) atoms. The van der Waals surface area contributed by atoms with Crippen molar-refractivity contribution in [2.75, 3.05) is 44.7 Å². The number of nitriles is 1. The number of aryl methyl sites for hydroxylation is 1. The normalized spacial score (nSPS) is 14.3. The number of aromatic nitrogens is 3. The summed E-state index contributed by atoms with van der Waals surface area (Å²) in [5.74, 6) is 0. The highest BCUT2D eigenvalue weighted by atomic mass is 16.5. The van der Waals surface area contributed by atoms with Gasteiger partial charge in [-0.3, -0.25) is 14.9 Å². The third kappa shape index (κ3) is 6.04. The smallest absolute Gasteiger partial charge is 0.103 e. The van der Waals surface area contributed by atoms with Crippen LogP contribution in [0.25, 0.3) is 23.1 Å². The number of ether oxygens (including phenoxy) is 1. The van der Waals surface area contributed by atoms with Crippen molar-refractivity contribution in [3.05, 3.63) is 83.1 Å². The Hall–Kier alpha value is -4.03. The van der Waals surface area contributed by atoms with Crippen molar-refractivity contribution in [1.29, 1.82) is 5.26 Å². The Morgan fingerprint density at radius 2 is 2.03 bits per heavy atom. The number of aromatic amines is 1. The highest BCUT2D eigenvalue weighted by molar-refractivity contribution is 5.90. The van der Waals surface area contributed by atoms with Crippen LogP contribution in [-0.2, 0) is 11.3 Å². The molecule has 0 unspecified atom stereocenters. The Bertz CT molecular complexity index is 1430. The highest BCUT2D eigenvalue weighted by Crippen LogP contribution is 2.31. The van der Waals surface area contributed by atoms with E-state index in [2.05, 4.69) is 44.6 Å². The third-order valence-electron chi connectivity index (χ3n) is 6.64. The van der Waals surface area contributed by atoms with Gasteiger partial charge < -0.3 is 20.4 Å². The number of rotatable bonds is 9. The SMILES string of the molecule is Cc1c(Nc2c(C#N)cncc2/C=C/c2cccc(CNCCN3CCOCC3)n2)ccc2[nH]ccc12. The summed E-state index contributed by atoms with van der Waals surface area (Å²) < 4.78 is 5.41. The van der Waals surface area contributed by atoms with Gasteiger partial charge in [-0.15, -0.1) is 0 Å². The third-order valence-corrected chi connectivity index (χ3v) is 6.64. The molecule has 0 aliphatic carbocycles. The Morgan fingerprint density at radius 1 is 1.14 bits per heavy atom. The van der Waals surface area contributed by atoms with Gasteiger partial charge in [0.05, 0.1) is 35.9 Å². The molecule has 0 spiro atoms. The topological polar surface area (TPSA) is 102 Å². The lowest BCUT2D eigenvalue weighted by atomic mass is 10.1. The van der Waals surface area contributed by atoms with Crippen LogP contribution in [0.3, 0.4) is 0 Å². The molecule has 8 nitrogen and oxygen atoms in total. The van der Waals surface area contributed by atoms with Gasteiger partial charge >= 0.3 is 0 Å². The van der Waals surface area contributed by atoms with Crippen molar-refractivity contribution >= 4 is 34.4 Å². The lowest BCUT2D eigenvalue weighted by Crippen LogP contribution is -2.40. The van der Waals surface area contributed by atoms with E-state index in [-0.39, 0.29) is 0 Å². The van der Waals surface area contributed by atoms with Crippen molar-refractivity contribution in [3.63, 3.8) is 0 Å². The number of hydrogen-bond donors (Lipinski definition) is 3. The monoisotopic (exact) mass is 493 g/mol. The minimum absolute atomic E-state index is 0.488. The van der Waals surface area contributed by atoms with Crippen LogP contribution in [0.4, 0.5) is 11.4 Å². The summed E-state index contributed by atoms with van der Waals surface area (Å²) in [7, 11) is 0. The first-order valence-electron chi connectivity index (χ1n) is 12.6. The number of nitrogens with one attached hydrogen (secondary N) is 3. The first-order chi connectivity index (χ1) is 18.2. The maximum Gasteiger partial charge on any atom is 0.103 e. The van der Waals surface area contributed by atoms with Crippen LogP contribution in [0.5, 0.6) is 0 Å². The van der Waals surface area contributed by atoms with Gasteiger partial charge in [0.1, 0.15) is 6.07 Å². The number of H-pyrrole nitrogens is 1. The number of anilines is 2. The van der Waals surface area contributed by atoms with Crippen LogP contribution in [0.2, 0.25) is 0 Å². The number of hydrogen-bond acceptors (Lipinski definition) is 7. The maximum atomic E-state index is 9.75. The quantitative estimate of drug-likeness (QED) is 0.296. The fourth-order valence-corrected chi connectivity index (χ4v) is 4.52. The van der Waals surface area contributed by atoms with E-state index in [1.165, 1.54) is 0 Å². The second kappa shape index (κ2) is 11.8. The summed E-state index contributed by atoms with van der Waals surface area (Å²) in [4.78, 5) is 14.7. The lowest BCUT2D eigenvalue weighted by molar-refractivity contribution is 0.0384. The molecule has 1 aliphatic rings. The summed E-state index contributed by atoms with van der Waals surface area (Å²) in [5.41, 5.74) is 7.03. The van der Waals surface area contributed by atoms with E-state index >= 15 is 0 Å². The van der Waals surface area contributed by atoms with Gasteiger partial charge in [0.15, 0.2) is 0 Å². The van der Waals surface area contributed by atoms with Crippen LogP contribution in [0.1, 0.15) is 28.1 Å². The van der Waals surface area contributed by atoms with Crippen molar-refractivity contribution in [2.45, 2.75) is 13.5 Å². The summed E-state index contributed by atoms with van der Waals surface area (Å²) in [6.07, 6.45) is 9.21. The summed E-state index contributed by atoms with van der Waals surface area (Å²) >= 11 is 0. The van der Waals surface area contributed by atoms with Gasteiger partial charge in [-0.1, -0.05) is 6.07 Å². The van der Waals surface area contributed by atoms with E-state index in [0.29, 0.717) is 12.1 Å².